The van der Waals surface area contributed by atoms with E-state index in [1.54, 1.807) is 54.1 Å². The van der Waals surface area contributed by atoms with Crippen LogP contribution < -0.4 is 10.2 Å². The summed E-state index contributed by atoms with van der Waals surface area (Å²) in [6, 6.07) is 12.0. The highest BCUT2D eigenvalue weighted by Gasteiger charge is 2.34. The van der Waals surface area contributed by atoms with Crippen LogP contribution in [-0.4, -0.2) is 36.3 Å². The molecular weight excluding hydrogens is 383 g/mol. The van der Waals surface area contributed by atoms with Crippen LogP contribution >= 0.6 is 0 Å². The van der Waals surface area contributed by atoms with E-state index in [9.17, 15) is 22.8 Å². The first-order chi connectivity index (χ1) is 13.7. The maximum absolute atomic E-state index is 13.2. The molecule has 5 nitrogen and oxygen atoms in total. The Kier molecular flexibility index (Phi) is 5.93. The Morgan fingerprint density at radius 3 is 2.55 bits per heavy atom. The minimum absolute atomic E-state index is 0.0253. The van der Waals surface area contributed by atoms with Crippen LogP contribution in [0.15, 0.2) is 48.5 Å². The van der Waals surface area contributed by atoms with Gasteiger partial charge in [-0.25, -0.2) is 0 Å². The van der Waals surface area contributed by atoms with Crippen molar-refractivity contribution in [2.75, 3.05) is 23.8 Å². The molecule has 0 bridgehead atoms. The van der Waals surface area contributed by atoms with E-state index in [4.69, 9.17) is 0 Å². The number of para-hydroxylation sites is 2. The predicted octanol–water partition coefficient (Wildman–Crippen LogP) is 3.90. The number of fused-ring (bicyclic) bond motifs is 1. The summed E-state index contributed by atoms with van der Waals surface area (Å²) in [4.78, 5) is 28.2. The second kappa shape index (κ2) is 8.24. The molecule has 0 radical (unpaired) electrons. The molecule has 0 spiro atoms. The highest BCUT2D eigenvalue weighted by Crippen LogP contribution is 2.33. The van der Waals surface area contributed by atoms with Crippen molar-refractivity contribution in [2.24, 2.45) is 0 Å². The van der Waals surface area contributed by atoms with Crippen molar-refractivity contribution in [3.05, 3.63) is 59.7 Å². The van der Waals surface area contributed by atoms with Crippen LogP contribution in [0.25, 0.3) is 0 Å². The summed E-state index contributed by atoms with van der Waals surface area (Å²) in [6.07, 6.45) is -4.31. The lowest BCUT2D eigenvalue weighted by molar-refractivity contribution is -0.138. The SMILES string of the molecule is C[C@@H]1CC(=O)Nc2ccccc2N1C(=O)CN(C)Cc1ccccc1C(F)(F)F. The van der Waals surface area contributed by atoms with E-state index >= 15 is 0 Å². The molecule has 0 aliphatic carbocycles. The lowest BCUT2D eigenvalue weighted by Crippen LogP contribution is -2.44. The van der Waals surface area contributed by atoms with Gasteiger partial charge in [0.25, 0.3) is 0 Å². The zero-order valence-corrected chi connectivity index (χ0v) is 16.2. The molecule has 1 aliphatic rings. The maximum atomic E-state index is 13.2. The van der Waals surface area contributed by atoms with Crippen LogP contribution in [0.1, 0.15) is 24.5 Å². The monoisotopic (exact) mass is 405 g/mol. The zero-order chi connectivity index (χ0) is 21.2. The average Bonchev–Trinajstić information content (AvgIpc) is 2.75. The van der Waals surface area contributed by atoms with Crippen LogP contribution in [0.2, 0.25) is 0 Å². The molecule has 2 aromatic rings. The van der Waals surface area contributed by atoms with E-state index in [1.807, 2.05) is 0 Å². The zero-order valence-electron chi connectivity index (χ0n) is 16.2. The van der Waals surface area contributed by atoms with Crippen LogP contribution in [0.4, 0.5) is 24.5 Å². The Hall–Kier alpha value is -2.87. The van der Waals surface area contributed by atoms with Gasteiger partial charge in [0, 0.05) is 19.0 Å². The molecule has 29 heavy (non-hydrogen) atoms. The number of likely N-dealkylation sites (N-methyl/N-ethyl adjacent to an activating group) is 1. The Balaban J connectivity index is 1.79. The Bertz CT molecular complexity index is 914. The van der Waals surface area contributed by atoms with Crippen molar-refractivity contribution < 1.29 is 22.8 Å². The standard InChI is InChI=1S/C21H22F3N3O2/c1-14-11-19(28)25-17-9-5-6-10-18(17)27(14)20(29)13-26(2)12-15-7-3-4-8-16(15)21(22,23)24/h3-10,14H,11-13H2,1-2H3,(H,25,28)/t14-/m1/s1. The molecule has 2 amide bonds. The number of halogens is 3. The molecule has 0 saturated carbocycles. The molecule has 8 heteroatoms. The molecule has 0 aromatic heterocycles. The number of alkyl halides is 3. The summed E-state index contributed by atoms with van der Waals surface area (Å²) in [6.45, 7) is 1.67. The lowest BCUT2D eigenvalue weighted by atomic mass is 10.1. The lowest BCUT2D eigenvalue weighted by Gasteiger charge is -2.30. The Morgan fingerprint density at radius 1 is 1.17 bits per heavy atom. The molecule has 1 atom stereocenters. The summed E-state index contributed by atoms with van der Waals surface area (Å²) in [5.74, 6) is -0.471. The minimum Gasteiger partial charge on any atom is -0.324 e. The predicted molar refractivity (Wildman–Crippen MR) is 104 cm³/mol. The number of benzene rings is 2. The summed E-state index contributed by atoms with van der Waals surface area (Å²) in [5, 5.41) is 2.78. The highest BCUT2D eigenvalue weighted by atomic mass is 19.4. The topological polar surface area (TPSA) is 52.7 Å². The smallest absolute Gasteiger partial charge is 0.324 e. The van der Waals surface area contributed by atoms with Crippen LogP contribution in [0, 0.1) is 0 Å². The van der Waals surface area contributed by atoms with Crippen LogP contribution in [-0.2, 0) is 22.3 Å². The third-order valence-electron chi connectivity index (χ3n) is 4.80. The Morgan fingerprint density at radius 2 is 1.83 bits per heavy atom. The van der Waals surface area contributed by atoms with Crippen molar-refractivity contribution in [2.45, 2.75) is 32.1 Å². The number of carbonyl (C=O) groups excluding carboxylic acids is 2. The molecule has 1 heterocycles. The van der Waals surface area contributed by atoms with E-state index in [1.165, 1.54) is 12.1 Å². The van der Waals surface area contributed by atoms with Gasteiger partial charge in [-0.1, -0.05) is 30.3 Å². The molecule has 0 unspecified atom stereocenters. The van der Waals surface area contributed by atoms with Crippen molar-refractivity contribution in [3.8, 4) is 0 Å². The number of amides is 2. The van der Waals surface area contributed by atoms with Gasteiger partial charge in [-0.15, -0.1) is 0 Å². The number of nitrogens with one attached hydrogen (secondary N) is 1. The fourth-order valence-electron chi connectivity index (χ4n) is 3.56. The van der Waals surface area contributed by atoms with Crippen LogP contribution in [0.5, 0.6) is 0 Å². The van der Waals surface area contributed by atoms with Crippen molar-refractivity contribution in [1.82, 2.24) is 4.90 Å². The molecule has 1 aliphatic heterocycles. The second-order valence-electron chi connectivity index (χ2n) is 7.21. The summed E-state index contributed by atoms with van der Waals surface area (Å²) >= 11 is 0. The van der Waals surface area contributed by atoms with Gasteiger partial charge in [-0.05, 0) is 37.7 Å². The molecule has 0 saturated heterocycles. The number of rotatable bonds is 4. The fourth-order valence-corrected chi connectivity index (χ4v) is 3.56. The van der Waals surface area contributed by atoms with Gasteiger partial charge in [0.2, 0.25) is 11.8 Å². The number of hydrogen-bond acceptors (Lipinski definition) is 3. The number of anilines is 2. The first-order valence-electron chi connectivity index (χ1n) is 9.21. The third kappa shape index (κ3) is 4.76. The van der Waals surface area contributed by atoms with E-state index in [0.29, 0.717) is 11.4 Å². The number of carbonyl (C=O) groups is 2. The van der Waals surface area contributed by atoms with E-state index in [2.05, 4.69) is 5.32 Å². The first-order valence-corrected chi connectivity index (χ1v) is 9.21. The highest BCUT2D eigenvalue weighted by molar-refractivity contribution is 6.04. The average molecular weight is 405 g/mol. The van der Waals surface area contributed by atoms with Gasteiger partial charge in [0.15, 0.2) is 0 Å². The van der Waals surface area contributed by atoms with Gasteiger partial charge < -0.3 is 10.2 Å². The van der Waals surface area contributed by atoms with Crippen molar-refractivity contribution in [1.29, 1.82) is 0 Å². The summed E-state index contributed by atoms with van der Waals surface area (Å²) < 4.78 is 39.7. The summed E-state index contributed by atoms with van der Waals surface area (Å²) in [7, 11) is 1.60. The fraction of sp³-hybridized carbons (Fsp3) is 0.333. The minimum atomic E-state index is -4.45. The third-order valence-corrected chi connectivity index (χ3v) is 4.80. The molecule has 2 aromatic carbocycles. The van der Waals surface area contributed by atoms with Crippen molar-refractivity contribution in [3.63, 3.8) is 0 Å². The van der Waals surface area contributed by atoms with E-state index < -0.39 is 11.7 Å². The molecule has 0 fully saturated rings. The van der Waals surface area contributed by atoms with Gasteiger partial charge in [-0.2, -0.15) is 13.2 Å². The van der Waals surface area contributed by atoms with Crippen molar-refractivity contribution >= 4 is 23.2 Å². The van der Waals surface area contributed by atoms with Gasteiger partial charge >= 0.3 is 6.18 Å². The molecule has 1 N–H and O–H groups in total. The molecule has 3 rings (SSSR count). The normalized spacial score (nSPS) is 17.0. The van der Waals surface area contributed by atoms with Crippen LogP contribution in [0.3, 0.4) is 0 Å². The van der Waals surface area contributed by atoms with Gasteiger partial charge in [-0.3, -0.25) is 14.5 Å². The molecule has 154 valence electrons. The molecular formula is C21H22F3N3O2. The summed E-state index contributed by atoms with van der Waals surface area (Å²) in [5.41, 5.74) is 0.527. The number of hydrogen-bond donors (Lipinski definition) is 1. The largest absolute Gasteiger partial charge is 0.416 e. The number of nitrogens with zero attached hydrogens (tertiary/aromatic N) is 2. The van der Waals surface area contributed by atoms with E-state index in [-0.39, 0.29) is 42.9 Å². The first kappa shape index (κ1) is 20.9. The van der Waals surface area contributed by atoms with E-state index in [0.717, 1.165) is 6.07 Å². The second-order valence-corrected chi connectivity index (χ2v) is 7.21. The maximum Gasteiger partial charge on any atom is 0.416 e. The Labute approximate surface area is 167 Å². The van der Waals surface area contributed by atoms with Gasteiger partial charge in [0.05, 0.1) is 23.5 Å². The van der Waals surface area contributed by atoms with Gasteiger partial charge in [0.1, 0.15) is 0 Å². The quantitative estimate of drug-likeness (QED) is 0.840.